The molecule has 3 nitrogen and oxygen atoms in total. The van der Waals surface area contributed by atoms with Gasteiger partial charge in [0.15, 0.2) is 0 Å². The van der Waals surface area contributed by atoms with E-state index < -0.39 is 0 Å². The van der Waals surface area contributed by atoms with E-state index in [-0.39, 0.29) is 6.04 Å². The lowest BCUT2D eigenvalue weighted by Gasteiger charge is -2.18. The number of rotatable bonds is 4. The zero-order chi connectivity index (χ0) is 13.1. The lowest BCUT2D eigenvalue weighted by molar-refractivity contribution is 0.514. The summed E-state index contributed by atoms with van der Waals surface area (Å²) >= 11 is 0. The Labute approximate surface area is 112 Å². The van der Waals surface area contributed by atoms with Gasteiger partial charge < -0.3 is 5.32 Å². The molecule has 0 amide bonds. The SMILES string of the molecule is CNCC(c1ccccc1)n1ncc2ccccc21. The van der Waals surface area contributed by atoms with E-state index in [0.29, 0.717) is 0 Å². The van der Waals surface area contributed by atoms with E-state index in [1.54, 1.807) is 0 Å². The summed E-state index contributed by atoms with van der Waals surface area (Å²) in [6.07, 6.45) is 1.93. The second-order valence-corrected chi connectivity index (χ2v) is 4.63. The first-order valence-corrected chi connectivity index (χ1v) is 6.52. The molecule has 1 heterocycles. The molecule has 3 aromatic rings. The molecule has 1 atom stereocenters. The van der Waals surface area contributed by atoms with Crippen LogP contribution in [0.4, 0.5) is 0 Å². The first-order chi connectivity index (χ1) is 9.40. The molecule has 19 heavy (non-hydrogen) atoms. The Morgan fingerprint density at radius 2 is 1.79 bits per heavy atom. The van der Waals surface area contributed by atoms with E-state index in [9.17, 15) is 0 Å². The number of fused-ring (bicyclic) bond motifs is 1. The Balaban J connectivity index is 2.10. The molecular formula is C16H17N3. The van der Waals surface area contributed by atoms with Crippen molar-refractivity contribution in [3.63, 3.8) is 0 Å². The fourth-order valence-electron chi connectivity index (χ4n) is 2.45. The van der Waals surface area contributed by atoms with Crippen LogP contribution in [-0.2, 0) is 0 Å². The minimum Gasteiger partial charge on any atom is -0.317 e. The van der Waals surface area contributed by atoms with Gasteiger partial charge in [-0.1, -0.05) is 48.5 Å². The lowest BCUT2D eigenvalue weighted by atomic mass is 10.1. The number of hydrogen-bond acceptors (Lipinski definition) is 2. The third-order valence-corrected chi connectivity index (χ3v) is 3.38. The summed E-state index contributed by atoms with van der Waals surface area (Å²) in [6.45, 7) is 0.857. The van der Waals surface area contributed by atoms with Crippen molar-refractivity contribution < 1.29 is 0 Å². The van der Waals surface area contributed by atoms with Gasteiger partial charge in [-0.15, -0.1) is 0 Å². The zero-order valence-corrected chi connectivity index (χ0v) is 11.0. The molecule has 2 aromatic carbocycles. The lowest BCUT2D eigenvalue weighted by Crippen LogP contribution is -2.24. The first kappa shape index (κ1) is 11.9. The van der Waals surface area contributed by atoms with Crippen molar-refractivity contribution in [2.75, 3.05) is 13.6 Å². The van der Waals surface area contributed by atoms with Crippen LogP contribution in [0.25, 0.3) is 10.9 Å². The quantitative estimate of drug-likeness (QED) is 0.772. The molecule has 1 aromatic heterocycles. The second-order valence-electron chi connectivity index (χ2n) is 4.63. The van der Waals surface area contributed by atoms with E-state index in [2.05, 4.69) is 57.6 Å². The number of nitrogens with zero attached hydrogens (tertiary/aromatic N) is 2. The van der Waals surface area contributed by atoms with Crippen LogP contribution in [0, 0.1) is 0 Å². The number of likely N-dealkylation sites (N-methyl/N-ethyl adjacent to an activating group) is 1. The van der Waals surface area contributed by atoms with Crippen molar-refractivity contribution in [2.24, 2.45) is 0 Å². The highest BCUT2D eigenvalue weighted by molar-refractivity contribution is 5.78. The first-order valence-electron chi connectivity index (χ1n) is 6.52. The summed E-state index contributed by atoms with van der Waals surface area (Å²) in [4.78, 5) is 0. The van der Waals surface area contributed by atoms with Crippen molar-refractivity contribution in [3.8, 4) is 0 Å². The maximum absolute atomic E-state index is 4.57. The fourth-order valence-corrected chi connectivity index (χ4v) is 2.45. The molecule has 0 fully saturated rings. The predicted octanol–water partition coefficient (Wildman–Crippen LogP) is 2.85. The monoisotopic (exact) mass is 251 g/mol. The van der Waals surface area contributed by atoms with Gasteiger partial charge >= 0.3 is 0 Å². The van der Waals surface area contributed by atoms with Gasteiger partial charge in [-0.05, 0) is 18.7 Å². The van der Waals surface area contributed by atoms with E-state index in [1.807, 2.05) is 25.4 Å². The van der Waals surface area contributed by atoms with Crippen LogP contribution in [-0.4, -0.2) is 23.4 Å². The van der Waals surface area contributed by atoms with Gasteiger partial charge in [0.2, 0.25) is 0 Å². The highest BCUT2D eigenvalue weighted by Crippen LogP contribution is 2.22. The van der Waals surface area contributed by atoms with Gasteiger partial charge in [-0.2, -0.15) is 5.10 Å². The van der Waals surface area contributed by atoms with Gasteiger partial charge in [-0.25, -0.2) is 0 Å². The van der Waals surface area contributed by atoms with Crippen LogP contribution in [0.2, 0.25) is 0 Å². The van der Waals surface area contributed by atoms with Crippen molar-refractivity contribution in [3.05, 3.63) is 66.4 Å². The molecule has 0 radical (unpaired) electrons. The highest BCUT2D eigenvalue weighted by atomic mass is 15.3. The molecule has 0 aliphatic rings. The number of benzene rings is 2. The summed E-state index contributed by atoms with van der Waals surface area (Å²) < 4.78 is 2.10. The predicted molar refractivity (Wildman–Crippen MR) is 78.2 cm³/mol. The Kier molecular flexibility index (Phi) is 3.29. The smallest absolute Gasteiger partial charge is 0.0899 e. The molecule has 0 bridgehead atoms. The van der Waals surface area contributed by atoms with Gasteiger partial charge in [-0.3, -0.25) is 4.68 Å². The van der Waals surface area contributed by atoms with Crippen molar-refractivity contribution in [1.29, 1.82) is 0 Å². The van der Waals surface area contributed by atoms with Crippen LogP contribution in [0.15, 0.2) is 60.8 Å². The number of hydrogen-bond donors (Lipinski definition) is 1. The van der Waals surface area contributed by atoms with Crippen LogP contribution >= 0.6 is 0 Å². The Morgan fingerprint density at radius 1 is 1.05 bits per heavy atom. The molecule has 1 N–H and O–H groups in total. The summed E-state index contributed by atoms with van der Waals surface area (Å²) in [6, 6.07) is 19.0. The van der Waals surface area contributed by atoms with Gasteiger partial charge in [0.1, 0.15) is 0 Å². The van der Waals surface area contributed by atoms with Crippen molar-refractivity contribution in [2.45, 2.75) is 6.04 Å². The van der Waals surface area contributed by atoms with E-state index in [4.69, 9.17) is 0 Å². The average molecular weight is 251 g/mol. The molecule has 0 saturated carbocycles. The molecule has 1 unspecified atom stereocenters. The fraction of sp³-hybridized carbons (Fsp3) is 0.188. The molecular weight excluding hydrogens is 234 g/mol. The van der Waals surface area contributed by atoms with Crippen LogP contribution in [0.5, 0.6) is 0 Å². The van der Waals surface area contributed by atoms with E-state index in [1.165, 1.54) is 16.5 Å². The molecule has 3 rings (SSSR count). The van der Waals surface area contributed by atoms with E-state index >= 15 is 0 Å². The van der Waals surface area contributed by atoms with Crippen molar-refractivity contribution in [1.82, 2.24) is 15.1 Å². The standard InChI is InChI=1S/C16H17N3/c1-17-12-16(13-7-3-2-4-8-13)19-15-10-6-5-9-14(15)11-18-19/h2-11,16-17H,12H2,1H3. The van der Waals surface area contributed by atoms with E-state index in [0.717, 1.165) is 6.54 Å². The van der Waals surface area contributed by atoms with Crippen LogP contribution in [0.3, 0.4) is 0 Å². The Hall–Kier alpha value is -2.13. The number of aromatic nitrogens is 2. The normalized spacial score (nSPS) is 12.7. The molecule has 3 heteroatoms. The Morgan fingerprint density at radius 3 is 2.58 bits per heavy atom. The topological polar surface area (TPSA) is 29.9 Å². The Bertz CT molecular complexity index is 658. The maximum Gasteiger partial charge on any atom is 0.0899 e. The van der Waals surface area contributed by atoms with Gasteiger partial charge in [0.25, 0.3) is 0 Å². The second kappa shape index (κ2) is 5.24. The summed E-state index contributed by atoms with van der Waals surface area (Å²) in [7, 11) is 1.97. The third kappa shape index (κ3) is 2.25. The number of nitrogens with one attached hydrogen (secondary N) is 1. The van der Waals surface area contributed by atoms with Crippen LogP contribution < -0.4 is 5.32 Å². The molecule has 0 aliphatic carbocycles. The molecule has 0 aliphatic heterocycles. The largest absolute Gasteiger partial charge is 0.317 e. The molecule has 0 saturated heterocycles. The minimum atomic E-state index is 0.214. The highest BCUT2D eigenvalue weighted by Gasteiger charge is 2.15. The van der Waals surface area contributed by atoms with Gasteiger partial charge in [0, 0.05) is 11.9 Å². The van der Waals surface area contributed by atoms with Crippen molar-refractivity contribution >= 4 is 10.9 Å². The van der Waals surface area contributed by atoms with Crippen LogP contribution in [0.1, 0.15) is 11.6 Å². The number of para-hydroxylation sites is 1. The summed E-state index contributed by atoms with van der Waals surface area (Å²) in [5.41, 5.74) is 2.44. The summed E-state index contributed by atoms with van der Waals surface area (Å²) in [5.74, 6) is 0. The minimum absolute atomic E-state index is 0.214. The third-order valence-electron chi connectivity index (χ3n) is 3.38. The van der Waals surface area contributed by atoms with Gasteiger partial charge in [0.05, 0.1) is 17.8 Å². The molecule has 96 valence electrons. The maximum atomic E-state index is 4.57. The average Bonchev–Trinajstić information content (AvgIpc) is 2.89. The molecule has 0 spiro atoms. The summed E-state index contributed by atoms with van der Waals surface area (Å²) in [5, 5.41) is 9.01. The zero-order valence-electron chi connectivity index (χ0n) is 11.0.